The molecule has 3 nitrogen and oxygen atoms in total. The predicted octanol–water partition coefficient (Wildman–Crippen LogP) is 4.01. The minimum atomic E-state index is -0.249. The summed E-state index contributed by atoms with van der Waals surface area (Å²) < 4.78 is 11.9. The average molecular weight is 273 g/mol. The van der Waals surface area contributed by atoms with Gasteiger partial charge in [-0.1, -0.05) is 32.0 Å². The Kier molecular flexibility index (Phi) is 4.85. The van der Waals surface area contributed by atoms with Crippen molar-refractivity contribution in [3.05, 3.63) is 53.5 Å². The maximum Gasteiger partial charge on any atom is 0.171 e. The van der Waals surface area contributed by atoms with Crippen LogP contribution in [0.1, 0.15) is 43.5 Å². The Bertz CT molecular complexity index is 547. The molecule has 0 bridgehead atoms. The normalized spacial score (nSPS) is 14.0. The number of para-hydroxylation sites is 1. The fourth-order valence-corrected chi connectivity index (χ4v) is 2.22. The van der Waals surface area contributed by atoms with Gasteiger partial charge in [-0.2, -0.15) is 0 Å². The molecule has 0 radical (unpaired) electrons. The molecule has 108 valence electrons. The minimum absolute atomic E-state index is 0.0922. The molecule has 0 saturated carbocycles. The van der Waals surface area contributed by atoms with Crippen molar-refractivity contribution in [2.24, 2.45) is 5.73 Å². The van der Waals surface area contributed by atoms with Gasteiger partial charge < -0.3 is 14.9 Å². The van der Waals surface area contributed by atoms with Gasteiger partial charge in [0, 0.05) is 6.04 Å². The van der Waals surface area contributed by atoms with Crippen molar-refractivity contribution in [3.63, 3.8) is 0 Å². The molecule has 2 aromatic rings. The summed E-state index contributed by atoms with van der Waals surface area (Å²) >= 11 is 0. The summed E-state index contributed by atoms with van der Waals surface area (Å²) in [6.07, 6.45) is 1.52. The van der Waals surface area contributed by atoms with Crippen LogP contribution in [-0.2, 0) is 6.42 Å². The van der Waals surface area contributed by atoms with Gasteiger partial charge in [0.25, 0.3) is 0 Å². The van der Waals surface area contributed by atoms with Gasteiger partial charge in [-0.3, -0.25) is 0 Å². The largest absolute Gasteiger partial charge is 0.481 e. The molecule has 0 spiro atoms. The predicted molar refractivity (Wildman–Crippen MR) is 80.9 cm³/mol. The van der Waals surface area contributed by atoms with Crippen molar-refractivity contribution < 1.29 is 9.15 Å². The first-order chi connectivity index (χ1) is 9.65. The summed E-state index contributed by atoms with van der Waals surface area (Å²) in [5.74, 6) is 2.56. The van der Waals surface area contributed by atoms with Crippen LogP contribution < -0.4 is 10.5 Å². The van der Waals surface area contributed by atoms with E-state index in [1.807, 2.05) is 37.3 Å². The highest BCUT2D eigenvalue weighted by atomic mass is 16.5. The first-order valence-corrected chi connectivity index (χ1v) is 7.22. The Morgan fingerprint density at radius 2 is 1.90 bits per heavy atom. The second-order valence-corrected chi connectivity index (χ2v) is 5.02. The first-order valence-electron chi connectivity index (χ1n) is 7.22. The molecule has 2 unspecified atom stereocenters. The fourth-order valence-electron chi connectivity index (χ4n) is 2.22. The van der Waals surface area contributed by atoms with Gasteiger partial charge in [-0.25, -0.2) is 0 Å². The van der Waals surface area contributed by atoms with Gasteiger partial charge >= 0.3 is 0 Å². The van der Waals surface area contributed by atoms with Crippen LogP contribution in [0.15, 0.2) is 40.8 Å². The summed E-state index contributed by atoms with van der Waals surface area (Å²) in [5, 5.41) is 0. The Hall–Kier alpha value is -1.74. The molecule has 20 heavy (non-hydrogen) atoms. The lowest BCUT2D eigenvalue weighted by atomic mass is 10.1. The topological polar surface area (TPSA) is 48.4 Å². The Labute approximate surface area is 120 Å². The molecule has 3 heteroatoms. The Morgan fingerprint density at radius 1 is 1.15 bits per heavy atom. The number of hydrogen-bond acceptors (Lipinski definition) is 3. The summed E-state index contributed by atoms with van der Waals surface area (Å²) in [6.45, 7) is 6.11. The molecule has 0 aliphatic heterocycles. The number of hydrogen-bond donors (Lipinski definition) is 1. The molecule has 2 N–H and O–H groups in total. The molecule has 0 aliphatic rings. The van der Waals surface area contributed by atoms with Crippen LogP contribution in [0.25, 0.3) is 0 Å². The number of nitrogens with two attached hydrogens (primary N) is 1. The van der Waals surface area contributed by atoms with Crippen LogP contribution in [0.2, 0.25) is 0 Å². The lowest BCUT2D eigenvalue weighted by molar-refractivity contribution is 0.142. The number of aryl methyl sites for hydroxylation is 2. The Balaban J connectivity index is 2.28. The number of ether oxygens (including phenoxy) is 1. The van der Waals surface area contributed by atoms with Gasteiger partial charge in [-0.05, 0) is 43.5 Å². The Morgan fingerprint density at radius 3 is 2.50 bits per heavy atom. The molecule has 2 atom stereocenters. The fraction of sp³-hybridized carbons (Fsp3) is 0.412. The highest BCUT2D eigenvalue weighted by molar-refractivity contribution is 5.34. The molecule has 1 heterocycles. The lowest BCUT2D eigenvalue weighted by Crippen LogP contribution is -2.31. The van der Waals surface area contributed by atoms with Crippen molar-refractivity contribution in [2.75, 3.05) is 0 Å². The number of rotatable bonds is 6. The molecular formula is C17H23NO2. The third-order valence-electron chi connectivity index (χ3n) is 3.51. The molecule has 0 fully saturated rings. The van der Waals surface area contributed by atoms with Crippen molar-refractivity contribution in [1.29, 1.82) is 0 Å². The van der Waals surface area contributed by atoms with Gasteiger partial charge in [0.05, 0.1) is 0 Å². The SMILES string of the molecule is CCc1ccccc1OC(c1ccc(C)o1)C(N)CC. The second-order valence-electron chi connectivity index (χ2n) is 5.02. The van der Waals surface area contributed by atoms with E-state index in [4.69, 9.17) is 14.9 Å². The van der Waals surface area contributed by atoms with E-state index in [0.29, 0.717) is 0 Å². The smallest absolute Gasteiger partial charge is 0.171 e. The molecule has 1 aromatic heterocycles. The zero-order chi connectivity index (χ0) is 14.5. The van der Waals surface area contributed by atoms with E-state index in [0.717, 1.165) is 30.1 Å². The summed E-state index contributed by atoms with van der Waals surface area (Å²) in [7, 11) is 0. The summed E-state index contributed by atoms with van der Waals surface area (Å²) in [6, 6.07) is 11.9. The number of furan rings is 1. The van der Waals surface area contributed by atoms with Gasteiger partial charge in [0.2, 0.25) is 0 Å². The van der Waals surface area contributed by atoms with E-state index in [-0.39, 0.29) is 12.1 Å². The maximum atomic E-state index is 6.21. The van der Waals surface area contributed by atoms with Crippen molar-refractivity contribution in [1.82, 2.24) is 0 Å². The van der Waals surface area contributed by atoms with E-state index in [1.165, 1.54) is 5.56 Å². The molecule has 0 saturated heterocycles. The molecule has 0 aliphatic carbocycles. The van der Waals surface area contributed by atoms with Gasteiger partial charge in [0.15, 0.2) is 6.10 Å². The quantitative estimate of drug-likeness (QED) is 0.865. The molecule has 1 aromatic carbocycles. The zero-order valence-corrected chi connectivity index (χ0v) is 12.4. The van der Waals surface area contributed by atoms with Crippen LogP contribution in [0.5, 0.6) is 5.75 Å². The monoisotopic (exact) mass is 273 g/mol. The van der Waals surface area contributed by atoms with Gasteiger partial charge in [-0.15, -0.1) is 0 Å². The number of benzene rings is 1. The van der Waals surface area contributed by atoms with Crippen LogP contribution in [0.4, 0.5) is 0 Å². The van der Waals surface area contributed by atoms with Crippen LogP contribution in [0, 0.1) is 6.92 Å². The zero-order valence-electron chi connectivity index (χ0n) is 12.4. The van der Waals surface area contributed by atoms with Crippen molar-refractivity contribution in [3.8, 4) is 5.75 Å². The first kappa shape index (κ1) is 14.7. The maximum absolute atomic E-state index is 6.21. The minimum Gasteiger partial charge on any atom is -0.481 e. The van der Waals surface area contributed by atoms with E-state index < -0.39 is 0 Å². The molecule has 0 amide bonds. The van der Waals surface area contributed by atoms with E-state index in [2.05, 4.69) is 19.9 Å². The van der Waals surface area contributed by atoms with Crippen molar-refractivity contribution >= 4 is 0 Å². The molecule has 2 rings (SSSR count). The third-order valence-corrected chi connectivity index (χ3v) is 3.51. The summed E-state index contributed by atoms with van der Waals surface area (Å²) in [4.78, 5) is 0. The average Bonchev–Trinajstić information content (AvgIpc) is 2.90. The van der Waals surface area contributed by atoms with Gasteiger partial charge in [0.1, 0.15) is 17.3 Å². The van der Waals surface area contributed by atoms with E-state index in [9.17, 15) is 0 Å². The lowest BCUT2D eigenvalue weighted by Gasteiger charge is -2.23. The third kappa shape index (κ3) is 3.23. The van der Waals surface area contributed by atoms with E-state index in [1.54, 1.807) is 0 Å². The standard InChI is InChI=1S/C17H23NO2/c1-4-13-8-6-7-9-15(13)20-17(14(18)5-2)16-11-10-12(3)19-16/h6-11,14,17H,4-5,18H2,1-3H3. The molecular weight excluding hydrogens is 250 g/mol. The van der Waals surface area contributed by atoms with Crippen LogP contribution >= 0.6 is 0 Å². The van der Waals surface area contributed by atoms with E-state index >= 15 is 0 Å². The second kappa shape index (κ2) is 6.62. The highest BCUT2D eigenvalue weighted by Gasteiger charge is 2.24. The van der Waals surface area contributed by atoms with Crippen LogP contribution in [0.3, 0.4) is 0 Å². The van der Waals surface area contributed by atoms with Crippen LogP contribution in [-0.4, -0.2) is 6.04 Å². The summed E-state index contributed by atoms with van der Waals surface area (Å²) in [5.41, 5.74) is 7.40. The highest BCUT2D eigenvalue weighted by Crippen LogP contribution is 2.29. The van der Waals surface area contributed by atoms with Crippen molar-refractivity contribution in [2.45, 2.75) is 45.8 Å².